The van der Waals surface area contributed by atoms with Gasteiger partial charge in [-0.1, -0.05) is 48.8 Å². The van der Waals surface area contributed by atoms with Crippen LogP contribution < -0.4 is 4.90 Å². The second-order valence-electron chi connectivity index (χ2n) is 14.5. The van der Waals surface area contributed by atoms with E-state index in [0.29, 0.717) is 72.7 Å². The molecule has 0 aliphatic carbocycles. The van der Waals surface area contributed by atoms with Gasteiger partial charge in [0.05, 0.1) is 39.6 Å². The highest BCUT2D eigenvalue weighted by Gasteiger charge is 2.33. The first-order valence-electron chi connectivity index (χ1n) is 19.2. The van der Waals surface area contributed by atoms with Crippen molar-refractivity contribution in [3.05, 3.63) is 135 Å². The summed E-state index contributed by atoms with van der Waals surface area (Å²) < 4.78 is 12.3. The average Bonchev–Trinajstić information content (AvgIpc) is 3.77. The second kappa shape index (κ2) is 16.5. The maximum absolute atomic E-state index is 15.4. The molecule has 2 aromatic carbocycles. The van der Waals surface area contributed by atoms with Crippen LogP contribution in [0.4, 0.5) is 5.69 Å². The third-order valence-corrected chi connectivity index (χ3v) is 11.4. The molecule has 0 saturated heterocycles. The van der Waals surface area contributed by atoms with E-state index in [2.05, 4.69) is 16.1 Å². The summed E-state index contributed by atoms with van der Waals surface area (Å²) >= 11 is 13.3. The van der Waals surface area contributed by atoms with Gasteiger partial charge in [-0.3, -0.25) is 14.5 Å². The number of rotatable bonds is 13. The van der Waals surface area contributed by atoms with Crippen molar-refractivity contribution in [2.24, 2.45) is 7.05 Å². The number of amides is 1. The van der Waals surface area contributed by atoms with Crippen molar-refractivity contribution in [3.8, 4) is 11.1 Å². The zero-order chi connectivity index (χ0) is 40.5. The summed E-state index contributed by atoms with van der Waals surface area (Å²) in [5.74, 6) is -0.548. The van der Waals surface area contributed by atoms with Gasteiger partial charge in [-0.25, -0.2) is 4.79 Å². The molecule has 10 nitrogen and oxygen atoms in total. The Kier molecular flexibility index (Phi) is 11.5. The fraction of sp³-hybridized carbons (Fsp3) is 0.289. The van der Waals surface area contributed by atoms with Gasteiger partial charge in [-0.05, 0) is 106 Å². The number of pyridine rings is 1. The van der Waals surface area contributed by atoms with Crippen LogP contribution in [0.15, 0.2) is 96.2 Å². The number of carboxylic acid groups (broad SMARTS) is 1. The van der Waals surface area contributed by atoms with Crippen LogP contribution in [0.5, 0.6) is 0 Å². The lowest BCUT2D eigenvalue weighted by atomic mass is 9.98. The Morgan fingerprint density at radius 2 is 1.91 bits per heavy atom. The summed E-state index contributed by atoms with van der Waals surface area (Å²) in [6.07, 6.45) is 11.9. The summed E-state index contributed by atoms with van der Waals surface area (Å²) in [5, 5.41) is 17.8. The number of fused-ring (bicyclic) bond motifs is 4. The number of hydrogen-bond donors (Lipinski definition) is 1. The Hall–Kier alpha value is -5.58. The number of halogens is 2. The molecule has 0 spiro atoms. The molecule has 0 saturated carbocycles. The van der Waals surface area contributed by atoms with Crippen LogP contribution in [0.25, 0.3) is 32.9 Å². The standard InChI is InChI=1S/C45H46Cl2N6O4/c1-7-11-33(22-27(2)28(3)46)57-21-9-13-34-35-14-15-37(47)41(40-29(4)49-50(6)30(40)5)42(35)53-19-10-18-52(44(54)43(34)53)39-24-32(45(55)56)23-38-36(39)16-20-51(38)26-31-12-8-17-48-25-31/h8,11-12,14-17,20,22-25H,3,7,9-10,13,18-19,21,26H2,1-2,4-6H3,(H,55,56)/b27-22-,33-11+. The lowest BCUT2D eigenvalue weighted by Crippen LogP contribution is -2.32. The van der Waals surface area contributed by atoms with Crippen LogP contribution in [0, 0.1) is 13.8 Å². The third kappa shape index (κ3) is 7.64. The molecular weight excluding hydrogens is 759 g/mol. The van der Waals surface area contributed by atoms with E-state index in [1.54, 1.807) is 29.4 Å². The minimum atomic E-state index is -1.07. The van der Waals surface area contributed by atoms with E-state index >= 15 is 4.79 Å². The largest absolute Gasteiger partial charge is 0.494 e. The Labute approximate surface area is 342 Å². The quantitative estimate of drug-likeness (QED) is 0.0708. The van der Waals surface area contributed by atoms with Crippen molar-refractivity contribution < 1.29 is 19.4 Å². The number of benzene rings is 2. The minimum Gasteiger partial charge on any atom is -0.494 e. The van der Waals surface area contributed by atoms with Crippen molar-refractivity contribution in [1.29, 1.82) is 0 Å². The van der Waals surface area contributed by atoms with Gasteiger partial charge in [0, 0.05) is 77.9 Å². The molecule has 1 N–H and O–H groups in total. The average molecular weight is 806 g/mol. The van der Waals surface area contributed by atoms with Gasteiger partial charge in [-0.2, -0.15) is 5.10 Å². The van der Waals surface area contributed by atoms with Crippen molar-refractivity contribution in [3.63, 3.8) is 0 Å². The Bertz CT molecular complexity index is 2610. The van der Waals surface area contributed by atoms with Crippen LogP contribution in [-0.4, -0.2) is 54.0 Å². The number of anilines is 1. The lowest BCUT2D eigenvalue weighted by Gasteiger charge is -2.23. The monoisotopic (exact) mass is 804 g/mol. The number of carbonyl (C=O) groups excluding carboxylic acids is 1. The fourth-order valence-corrected chi connectivity index (χ4v) is 8.28. The number of allylic oxidation sites excluding steroid dienone is 4. The first-order chi connectivity index (χ1) is 27.4. The van der Waals surface area contributed by atoms with Crippen LogP contribution in [-0.2, 0) is 31.3 Å². The second-order valence-corrected chi connectivity index (χ2v) is 15.4. The molecule has 1 amide bonds. The first-order valence-corrected chi connectivity index (χ1v) is 19.9. The van der Waals surface area contributed by atoms with E-state index in [1.165, 1.54) is 0 Å². The smallest absolute Gasteiger partial charge is 0.335 e. The number of hydrogen-bond acceptors (Lipinski definition) is 5. The molecule has 6 aromatic rings. The molecule has 7 rings (SSSR count). The summed E-state index contributed by atoms with van der Waals surface area (Å²) in [7, 11) is 1.92. The number of aryl methyl sites for hydroxylation is 4. The molecule has 5 heterocycles. The molecule has 0 radical (unpaired) electrons. The highest BCUT2D eigenvalue weighted by atomic mass is 35.5. The number of carboxylic acids is 1. The van der Waals surface area contributed by atoms with Gasteiger partial charge in [0.2, 0.25) is 0 Å². The number of aromatic carboxylic acids is 1. The Morgan fingerprint density at radius 3 is 2.60 bits per heavy atom. The third-order valence-electron chi connectivity index (χ3n) is 10.8. The van der Waals surface area contributed by atoms with Crippen LogP contribution in [0.1, 0.15) is 76.5 Å². The molecule has 4 aromatic heterocycles. The van der Waals surface area contributed by atoms with Crippen LogP contribution in [0.2, 0.25) is 5.02 Å². The van der Waals surface area contributed by atoms with Gasteiger partial charge >= 0.3 is 5.97 Å². The van der Waals surface area contributed by atoms with E-state index in [0.717, 1.165) is 67.4 Å². The number of ether oxygens (including phenoxy) is 1. The highest BCUT2D eigenvalue weighted by Crippen LogP contribution is 2.44. The number of carbonyl (C=O) groups is 2. The van der Waals surface area contributed by atoms with Crippen LogP contribution in [0.3, 0.4) is 0 Å². The van der Waals surface area contributed by atoms with Crippen LogP contribution >= 0.6 is 23.2 Å². The summed E-state index contributed by atoms with van der Waals surface area (Å²) in [5.41, 5.74) is 9.13. The maximum atomic E-state index is 15.4. The van der Waals surface area contributed by atoms with E-state index in [1.807, 2.05) is 92.7 Å². The van der Waals surface area contributed by atoms with Gasteiger partial charge < -0.3 is 23.9 Å². The molecule has 0 fully saturated rings. The molecule has 12 heteroatoms. The molecule has 294 valence electrons. The zero-order valence-corrected chi connectivity index (χ0v) is 34.4. The normalized spacial score (nSPS) is 13.7. The molecule has 1 aliphatic heterocycles. The number of nitrogens with zero attached hydrogens (tertiary/aromatic N) is 6. The first kappa shape index (κ1) is 39.6. The van der Waals surface area contributed by atoms with Crippen molar-refractivity contribution in [2.45, 2.75) is 66.5 Å². The van der Waals surface area contributed by atoms with Crippen molar-refractivity contribution in [2.75, 3.05) is 18.1 Å². The maximum Gasteiger partial charge on any atom is 0.335 e. The van der Waals surface area contributed by atoms with E-state index in [4.69, 9.17) is 33.0 Å². The van der Waals surface area contributed by atoms with Gasteiger partial charge in [0.15, 0.2) is 0 Å². The fourth-order valence-electron chi connectivity index (χ4n) is 7.97. The van der Waals surface area contributed by atoms with Crippen molar-refractivity contribution >= 4 is 62.6 Å². The van der Waals surface area contributed by atoms with Gasteiger partial charge in [0.1, 0.15) is 11.5 Å². The van der Waals surface area contributed by atoms with Crippen molar-refractivity contribution in [1.82, 2.24) is 23.9 Å². The summed E-state index contributed by atoms with van der Waals surface area (Å²) in [6, 6.07) is 13.0. The molecule has 0 atom stereocenters. The molecule has 0 unspecified atom stereocenters. The summed E-state index contributed by atoms with van der Waals surface area (Å²) in [6.45, 7) is 13.6. The SMILES string of the molecule is C=C(Cl)/C(C)=C\C(=C/CC)OCCCc1c2n(c3c(-c4c(C)nn(C)c4C)c(Cl)ccc13)CCCN(c1cc(C(=O)O)cc3c1ccn3Cc1cccnc1)C2=O. The van der Waals surface area contributed by atoms with E-state index in [-0.39, 0.29) is 11.5 Å². The zero-order valence-electron chi connectivity index (χ0n) is 32.9. The molecule has 0 bridgehead atoms. The Balaban J connectivity index is 1.37. The summed E-state index contributed by atoms with van der Waals surface area (Å²) in [4.78, 5) is 34.0. The van der Waals surface area contributed by atoms with Gasteiger partial charge in [-0.15, -0.1) is 0 Å². The molecular formula is C45H46Cl2N6O4. The van der Waals surface area contributed by atoms with E-state index < -0.39 is 5.97 Å². The van der Waals surface area contributed by atoms with E-state index in [9.17, 15) is 9.90 Å². The minimum absolute atomic E-state index is 0.105. The Morgan fingerprint density at radius 1 is 1.11 bits per heavy atom. The predicted molar refractivity (Wildman–Crippen MR) is 229 cm³/mol. The molecule has 1 aliphatic rings. The highest BCUT2D eigenvalue weighted by molar-refractivity contribution is 6.35. The van der Waals surface area contributed by atoms with Gasteiger partial charge in [0.25, 0.3) is 5.91 Å². The number of aromatic nitrogens is 5. The topological polar surface area (TPSA) is 107 Å². The lowest BCUT2D eigenvalue weighted by molar-refractivity contribution is 0.0696. The molecule has 57 heavy (non-hydrogen) atoms. The predicted octanol–water partition coefficient (Wildman–Crippen LogP) is 10.4.